The number of esters is 4. The van der Waals surface area contributed by atoms with Gasteiger partial charge in [-0.15, -0.1) is 0 Å². The Hall–Kier alpha value is -2.91. The summed E-state index contributed by atoms with van der Waals surface area (Å²) in [5.41, 5.74) is -5.49. The predicted octanol–water partition coefficient (Wildman–Crippen LogP) is 3.38. The Kier molecular flexibility index (Phi) is 7.57. The second-order valence-corrected chi connectivity index (χ2v) is 19.1. The minimum Gasteiger partial charge on any atom is -0.462 e. The first kappa shape index (κ1) is 36.7. The highest BCUT2D eigenvalue weighted by molar-refractivity contribution is 9.10. The number of ether oxygens (including phenoxy) is 6. The van der Waals surface area contributed by atoms with Crippen molar-refractivity contribution in [3.63, 3.8) is 0 Å². The molecule has 5 saturated carbocycles. The van der Waals surface area contributed by atoms with Gasteiger partial charge in [0.05, 0.1) is 23.2 Å². The molecule has 8 aliphatic rings. The quantitative estimate of drug-likeness (QED) is 0.256. The van der Waals surface area contributed by atoms with E-state index in [2.05, 4.69) is 15.9 Å². The normalized spacial score (nSPS) is 54.2. The van der Waals surface area contributed by atoms with Crippen LogP contribution >= 0.6 is 15.9 Å². The summed E-state index contributed by atoms with van der Waals surface area (Å²) in [5.74, 6) is -10.1. The van der Waals surface area contributed by atoms with E-state index in [9.17, 15) is 29.4 Å². The van der Waals surface area contributed by atoms with Crippen molar-refractivity contribution < 1.29 is 62.6 Å². The van der Waals surface area contributed by atoms with Crippen molar-refractivity contribution in [2.24, 2.45) is 63.6 Å². The molecule has 1 aromatic carbocycles. The second-order valence-electron chi connectivity index (χ2n) is 18.2. The van der Waals surface area contributed by atoms with E-state index >= 15 is 4.79 Å². The molecule has 9 rings (SSSR count). The largest absolute Gasteiger partial charge is 0.462 e. The average molecular weight is 816 g/mol. The number of epoxide rings is 2. The highest BCUT2D eigenvalue weighted by Crippen LogP contribution is 2.81. The van der Waals surface area contributed by atoms with Gasteiger partial charge >= 0.3 is 23.9 Å². The summed E-state index contributed by atoms with van der Waals surface area (Å²) in [6.45, 7) is 13.5. The molecule has 292 valence electrons. The van der Waals surface area contributed by atoms with Crippen LogP contribution in [0.4, 0.5) is 0 Å². The van der Waals surface area contributed by atoms with E-state index < -0.39 is 130 Å². The van der Waals surface area contributed by atoms with Crippen molar-refractivity contribution in [1.29, 1.82) is 0 Å². The van der Waals surface area contributed by atoms with Gasteiger partial charge in [-0.2, -0.15) is 0 Å². The van der Waals surface area contributed by atoms with Crippen molar-refractivity contribution in [3.8, 4) is 0 Å². The van der Waals surface area contributed by atoms with Crippen LogP contribution in [0, 0.1) is 63.6 Å². The number of aliphatic hydroxyl groups is 2. The number of ketones is 1. The summed E-state index contributed by atoms with van der Waals surface area (Å²) < 4.78 is 37.8. The third-order valence-corrected chi connectivity index (χ3v) is 16.6. The molecule has 0 aromatic heterocycles. The topological polar surface area (TPSA) is 188 Å². The fourth-order valence-electron chi connectivity index (χ4n) is 14.0. The van der Waals surface area contributed by atoms with E-state index in [-0.39, 0.29) is 23.4 Å². The van der Waals surface area contributed by atoms with Crippen molar-refractivity contribution >= 4 is 45.6 Å². The number of carbonyl (C=O) groups excluding carboxylic acids is 5. The van der Waals surface area contributed by atoms with Gasteiger partial charge in [0.2, 0.25) is 5.79 Å². The van der Waals surface area contributed by atoms with Crippen LogP contribution in [0.1, 0.15) is 72.2 Å². The Morgan fingerprint density at radius 1 is 0.852 bits per heavy atom. The lowest BCUT2D eigenvalue weighted by Gasteiger charge is -2.65. The number of rotatable bonds is 4. The van der Waals surface area contributed by atoms with Gasteiger partial charge in [-0.1, -0.05) is 43.6 Å². The Balaban J connectivity index is 1.24. The van der Waals surface area contributed by atoms with Crippen molar-refractivity contribution in [2.75, 3.05) is 0 Å². The fraction of sp³-hybridized carbons (Fsp3) is 0.725. The predicted molar refractivity (Wildman–Crippen MR) is 187 cm³/mol. The zero-order valence-electron chi connectivity index (χ0n) is 31.4. The minimum absolute atomic E-state index is 0.241. The van der Waals surface area contributed by atoms with Crippen molar-refractivity contribution in [3.05, 3.63) is 34.3 Å². The molecule has 54 heavy (non-hydrogen) atoms. The standard InChI is InChI=1S/C40H47BrO13/c1-14-23-22(27(44)29(52-34(46)18-9-11-19(41)12-10-18)20-13-21-30(51-21)33(36(20,23)5)50-17(4)43)25-28(45)26-24(37(25,6)31(14)49-16(3)42)15(2)32-40(53-32)38(26,7)39(8,48)35(47)54-40/h9-12,14-15,20-26,28-33,45,48H,13H2,1-8H3/t14-,15-,20+,21-,22+,23-,24-,25+,26-,28+,29?,30-,31-,32+,33-,36-,37+,38-,39+,40-/m0/s1. The van der Waals surface area contributed by atoms with Gasteiger partial charge in [0.25, 0.3) is 0 Å². The van der Waals surface area contributed by atoms with Gasteiger partial charge in [-0.05, 0) is 68.2 Å². The third-order valence-electron chi connectivity index (χ3n) is 16.1. The van der Waals surface area contributed by atoms with Gasteiger partial charge < -0.3 is 38.6 Å². The Labute approximate surface area is 321 Å². The van der Waals surface area contributed by atoms with Crippen LogP contribution in [0.15, 0.2) is 28.7 Å². The molecule has 2 N–H and O–H groups in total. The molecule has 3 aliphatic heterocycles. The number of hydrogen-bond acceptors (Lipinski definition) is 13. The molecule has 0 amide bonds. The number of halogens is 1. The maximum absolute atomic E-state index is 15.6. The zero-order valence-corrected chi connectivity index (χ0v) is 33.0. The Bertz CT molecular complexity index is 1880. The van der Waals surface area contributed by atoms with E-state index in [1.165, 1.54) is 20.8 Å². The molecule has 14 heteroatoms. The molecular formula is C40H47BrO13. The van der Waals surface area contributed by atoms with Crippen LogP contribution in [0.5, 0.6) is 0 Å². The molecule has 3 saturated heterocycles. The van der Waals surface area contributed by atoms with Crippen LogP contribution in [0.25, 0.3) is 0 Å². The van der Waals surface area contributed by atoms with Crippen molar-refractivity contribution in [1.82, 2.24) is 0 Å². The number of carbonyl (C=O) groups is 5. The zero-order chi connectivity index (χ0) is 39.0. The second kappa shape index (κ2) is 11.1. The van der Waals surface area contributed by atoms with Gasteiger partial charge in [0.1, 0.15) is 24.4 Å². The molecule has 1 aromatic rings. The highest BCUT2D eigenvalue weighted by atomic mass is 79.9. The first-order valence-electron chi connectivity index (χ1n) is 19.0. The summed E-state index contributed by atoms with van der Waals surface area (Å²) >= 11 is 3.39. The van der Waals surface area contributed by atoms with Gasteiger partial charge in [-0.3, -0.25) is 14.4 Å². The lowest BCUT2D eigenvalue weighted by molar-refractivity contribution is -0.246. The molecule has 8 fully saturated rings. The third kappa shape index (κ3) is 4.17. The minimum atomic E-state index is -2.07. The monoisotopic (exact) mass is 814 g/mol. The van der Waals surface area contributed by atoms with Crippen LogP contribution in [0.2, 0.25) is 0 Å². The molecule has 1 unspecified atom stereocenters. The van der Waals surface area contributed by atoms with Crippen LogP contribution in [0.3, 0.4) is 0 Å². The van der Waals surface area contributed by atoms with Crippen LogP contribution < -0.4 is 0 Å². The van der Waals surface area contributed by atoms with Crippen LogP contribution in [-0.4, -0.2) is 94.0 Å². The molecule has 0 bridgehead atoms. The van der Waals surface area contributed by atoms with Gasteiger partial charge in [-0.25, -0.2) is 9.59 Å². The van der Waals surface area contributed by atoms with E-state index in [4.69, 9.17) is 28.4 Å². The highest BCUT2D eigenvalue weighted by Gasteiger charge is 2.93. The average Bonchev–Trinajstić information content (AvgIpc) is 4.00. The Morgan fingerprint density at radius 3 is 2.11 bits per heavy atom. The lowest BCUT2D eigenvalue weighted by atomic mass is 9.39. The summed E-state index contributed by atoms with van der Waals surface area (Å²) in [4.78, 5) is 68.8. The molecule has 13 nitrogen and oxygen atoms in total. The van der Waals surface area contributed by atoms with Gasteiger partial charge in [0.15, 0.2) is 17.5 Å². The smallest absolute Gasteiger partial charge is 0.341 e. The summed E-state index contributed by atoms with van der Waals surface area (Å²) in [7, 11) is 0. The lowest BCUT2D eigenvalue weighted by Crippen LogP contribution is -2.72. The van der Waals surface area contributed by atoms with Crippen LogP contribution in [-0.2, 0) is 47.6 Å². The SMILES string of the molecule is CC(=O)O[C@H]1[C@@H](C)[C@H]2[C@@H](C(=O)C(OC(=O)c3ccc(Br)cc3)[C@H]3C[C@@H]4O[C@@H]4[C@H](OC(C)=O)[C@]23C)[C@@H]2[C@@H](O)[C@@H]3[C@H]([C@H](C)[C@H]4O[C@]45OC(=O)[C@@](C)(O)[C@]35C)[C@]21C. The Morgan fingerprint density at radius 2 is 1.48 bits per heavy atom. The fourth-order valence-corrected chi connectivity index (χ4v) is 14.3. The summed E-state index contributed by atoms with van der Waals surface area (Å²) in [6, 6.07) is 6.60. The molecule has 0 radical (unpaired) electrons. The maximum atomic E-state index is 15.6. The molecule has 1 spiro atoms. The number of Topliss-reactive ketones (excluding diaryl/α,β-unsaturated/α-hetero) is 1. The van der Waals surface area contributed by atoms with Crippen molar-refractivity contribution in [2.45, 2.75) is 116 Å². The number of aliphatic hydroxyl groups excluding tert-OH is 1. The maximum Gasteiger partial charge on any atom is 0.341 e. The summed E-state index contributed by atoms with van der Waals surface area (Å²) in [6.07, 6.45) is -5.42. The molecule has 3 heterocycles. The number of benzene rings is 1. The van der Waals surface area contributed by atoms with E-state index in [0.717, 1.165) is 4.47 Å². The number of hydrogen-bond donors (Lipinski definition) is 2. The van der Waals surface area contributed by atoms with E-state index in [0.29, 0.717) is 6.42 Å². The van der Waals surface area contributed by atoms with E-state index in [1.807, 2.05) is 27.7 Å². The van der Waals surface area contributed by atoms with Gasteiger partial charge in [0, 0.05) is 52.8 Å². The van der Waals surface area contributed by atoms with E-state index in [1.54, 1.807) is 31.2 Å². The molecule has 20 atom stereocenters. The number of fused-ring (bicyclic) bond motifs is 9. The first-order valence-corrected chi connectivity index (χ1v) is 19.8. The summed E-state index contributed by atoms with van der Waals surface area (Å²) in [5, 5.41) is 25.0. The molecular weight excluding hydrogens is 768 g/mol. The first-order chi connectivity index (χ1) is 25.2. The molecule has 5 aliphatic carbocycles.